The summed E-state index contributed by atoms with van der Waals surface area (Å²) in [5, 5.41) is 10.0. The topological polar surface area (TPSA) is 66.6 Å². The summed E-state index contributed by atoms with van der Waals surface area (Å²) in [6.45, 7) is 4.01. The van der Waals surface area contributed by atoms with Crippen LogP contribution < -0.4 is 5.73 Å². The molecular formula is C28H42BrF3N2O2. The molecule has 3 rings (SSSR count). The first kappa shape index (κ1) is 29.4. The lowest BCUT2D eigenvalue weighted by atomic mass is 9.74. The lowest BCUT2D eigenvalue weighted by Crippen LogP contribution is -2.26. The smallest absolute Gasteiger partial charge is 0.397 e. The zero-order valence-electron chi connectivity index (χ0n) is 21.6. The van der Waals surface area contributed by atoms with Crippen LogP contribution in [0.1, 0.15) is 82.3 Å². The predicted molar refractivity (Wildman–Crippen MR) is 142 cm³/mol. The molecule has 2 fully saturated rings. The van der Waals surface area contributed by atoms with Crippen LogP contribution in [-0.4, -0.2) is 42.0 Å². The van der Waals surface area contributed by atoms with Crippen LogP contribution in [0.3, 0.4) is 0 Å². The lowest BCUT2D eigenvalue weighted by Gasteiger charge is -2.31. The van der Waals surface area contributed by atoms with Gasteiger partial charge in [0.05, 0.1) is 17.4 Å². The Morgan fingerprint density at radius 1 is 1.11 bits per heavy atom. The molecule has 36 heavy (non-hydrogen) atoms. The summed E-state index contributed by atoms with van der Waals surface area (Å²) in [5.74, 6) is 1.42. The van der Waals surface area contributed by atoms with Crippen LogP contribution in [-0.2, 0) is 17.4 Å². The summed E-state index contributed by atoms with van der Waals surface area (Å²) in [6, 6.07) is 2.60. The number of ketones is 1. The van der Waals surface area contributed by atoms with E-state index < -0.39 is 23.8 Å². The molecule has 8 heteroatoms. The molecule has 0 amide bonds. The second-order valence-electron chi connectivity index (χ2n) is 11.4. The fraction of sp³-hybridized carbons (Fsp3) is 0.750. The fourth-order valence-electron chi connectivity index (χ4n) is 6.19. The van der Waals surface area contributed by atoms with E-state index >= 15 is 0 Å². The molecule has 1 aliphatic carbocycles. The van der Waals surface area contributed by atoms with Crippen molar-refractivity contribution in [2.45, 2.75) is 89.8 Å². The molecule has 1 aromatic carbocycles. The first-order valence-electron chi connectivity index (χ1n) is 13.5. The van der Waals surface area contributed by atoms with Gasteiger partial charge in [-0.1, -0.05) is 12.8 Å². The highest BCUT2D eigenvalue weighted by Crippen LogP contribution is 2.40. The van der Waals surface area contributed by atoms with E-state index in [0.717, 1.165) is 43.6 Å². The van der Waals surface area contributed by atoms with Gasteiger partial charge in [0.25, 0.3) is 0 Å². The minimum atomic E-state index is -4.57. The number of anilines is 1. The molecule has 2 aliphatic rings. The number of benzene rings is 1. The Morgan fingerprint density at radius 2 is 1.75 bits per heavy atom. The van der Waals surface area contributed by atoms with Crippen molar-refractivity contribution in [3.63, 3.8) is 0 Å². The van der Waals surface area contributed by atoms with Crippen molar-refractivity contribution >= 4 is 27.4 Å². The molecule has 2 unspecified atom stereocenters. The number of nitrogens with two attached hydrogens (primary N) is 1. The van der Waals surface area contributed by atoms with Gasteiger partial charge < -0.3 is 15.7 Å². The van der Waals surface area contributed by atoms with E-state index in [1.807, 2.05) is 0 Å². The number of Topliss-reactive ketones (excluding diaryl/α,β-unsaturated/α-hetero) is 1. The predicted octanol–water partition coefficient (Wildman–Crippen LogP) is 6.87. The molecule has 3 atom stereocenters. The van der Waals surface area contributed by atoms with Gasteiger partial charge in [0.2, 0.25) is 0 Å². The average molecular weight is 576 g/mol. The number of hydrogen-bond acceptors (Lipinski definition) is 4. The number of hydrogen-bond donors (Lipinski definition) is 2. The van der Waals surface area contributed by atoms with Crippen molar-refractivity contribution < 1.29 is 23.1 Å². The van der Waals surface area contributed by atoms with E-state index in [1.54, 1.807) is 13.0 Å². The zero-order chi connectivity index (χ0) is 26.5. The van der Waals surface area contributed by atoms with Crippen molar-refractivity contribution in [2.24, 2.45) is 23.7 Å². The first-order chi connectivity index (χ1) is 16.9. The number of likely N-dealkylation sites (tertiary alicyclic amines) is 1. The number of carbonyl (C=O) groups excluding carboxylic acids is 1. The zero-order valence-corrected chi connectivity index (χ0v) is 23.2. The number of nitrogen functional groups attached to an aromatic ring is 1. The van der Waals surface area contributed by atoms with Gasteiger partial charge in [0, 0.05) is 16.8 Å². The summed E-state index contributed by atoms with van der Waals surface area (Å²) in [6.07, 6.45) is 5.16. The third-order valence-corrected chi connectivity index (χ3v) is 8.91. The molecule has 3 N–H and O–H groups in total. The van der Waals surface area contributed by atoms with E-state index in [-0.39, 0.29) is 28.8 Å². The van der Waals surface area contributed by atoms with Crippen molar-refractivity contribution in [3.8, 4) is 0 Å². The number of carbonyl (C=O) groups is 1. The molecule has 204 valence electrons. The number of rotatable bonds is 9. The molecule has 1 aromatic rings. The van der Waals surface area contributed by atoms with Crippen LogP contribution in [0.5, 0.6) is 0 Å². The summed E-state index contributed by atoms with van der Waals surface area (Å²) in [7, 11) is 2.21. The quantitative estimate of drug-likeness (QED) is 0.316. The standard InChI is InChI=1S/C28H42BrF3N2O2/c1-18(35)12-23(14-22-15-24(28(30,31)32)27(33)25(29)16-22)26(36)17-21-7-5-20(6-8-21)13-19-4-3-10-34(2)11-9-19/h15-16,18-21,23,35H,3-14,17,33H2,1-2H3/t18?,19?,20?,21?,23-/m1/s1. The maximum Gasteiger partial charge on any atom is 0.418 e. The maximum absolute atomic E-state index is 13.4. The summed E-state index contributed by atoms with van der Waals surface area (Å²) in [4.78, 5) is 15.7. The Bertz CT molecular complexity index is 869. The van der Waals surface area contributed by atoms with Gasteiger partial charge >= 0.3 is 6.18 Å². The number of aliphatic hydroxyl groups is 1. The van der Waals surface area contributed by atoms with E-state index in [9.17, 15) is 23.1 Å². The van der Waals surface area contributed by atoms with E-state index in [2.05, 4.69) is 27.9 Å². The number of aliphatic hydroxyl groups excluding tert-OH is 1. The van der Waals surface area contributed by atoms with Gasteiger partial charge in [0.15, 0.2) is 0 Å². The van der Waals surface area contributed by atoms with E-state index in [4.69, 9.17) is 5.73 Å². The fourth-order valence-corrected chi connectivity index (χ4v) is 6.70. The third kappa shape index (κ3) is 8.73. The monoisotopic (exact) mass is 574 g/mol. The second kappa shape index (κ2) is 13.1. The molecule has 0 spiro atoms. The van der Waals surface area contributed by atoms with Crippen LogP contribution in [0, 0.1) is 23.7 Å². The van der Waals surface area contributed by atoms with Crippen molar-refractivity contribution in [1.82, 2.24) is 4.90 Å². The van der Waals surface area contributed by atoms with Crippen LogP contribution in [0.15, 0.2) is 16.6 Å². The van der Waals surface area contributed by atoms with Gasteiger partial charge in [-0.25, -0.2) is 0 Å². The Morgan fingerprint density at radius 3 is 2.39 bits per heavy atom. The molecule has 0 radical (unpaired) electrons. The van der Waals surface area contributed by atoms with Gasteiger partial charge in [-0.2, -0.15) is 13.2 Å². The largest absolute Gasteiger partial charge is 0.418 e. The highest BCUT2D eigenvalue weighted by molar-refractivity contribution is 9.10. The summed E-state index contributed by atoms with van der Waals surface area (Å²) < 4.78 is 40.5. The first-order valence-corrected chi connectivity index (χ1v) is 14.3. The van der Waals surface area contributed by atoms with Gasteiger partial charge in [-0.3, -0.25) is 4.79 Å². The molecule has 1 saturated heterocycles. The summed E-state index contributed by atoms with van der Waals surface area (Å²) in [5.41, 5.74) is 4.80. The average Bonchev–Trinajstić information content (AvgIpc) is 2.99. The van der Waals surface area contributed by atoms with Crippen molar-refractivity contribution in [2.75, 3.05) is 25.9 Å². The van der Waals surface area contributed by atoms with Gasteiger partial charge in [0.1, 0.15) is 5.78 Å². The third-order valence-electron chi connectivity index (χ3n) is 8.25. The van der Waals surface area contributed by atoms with E-state index in [1.165, 1.54) is 38.8 Å². The van der Waals surface area contributed by atoms with Crippen LogP contribution in [0.4, 0.5) is 18.9 Å². The van der Waals surface area contributed by atoms with Crippen LogP contribution >= 0.6 is 15.9 Å². The molecule has 1 heterocycles. The molecule has 0 aromatic heterocycles. The van der Waals surface area contributed by atoms with Crippen LogP contribution in [0.2, 0.25) is 0 Å². The van der Waals surface area contributed by atoms with Gasteiger partial charge in [-0.15, -0.1) is 0 Å². The molecule has 4 nitrogen and oxygen atoms in total. The van der Waals surface area contributed by atoms with Crippen molar-refractivity contribution in [1.29, 1.82) is 0 Å². The van der Waals surface area contributed by atoms with E-state index in [0.29, 0.717) is 17.9 Å². The summed E-state index contributed by atoms with van der Waals surface area (Å²) >= 11 is 3.13. The molecular weight excluding hydrogens is 533 g/mol. The Hall–Kier alpha value is -1.12. The van der Waals surface area contributed by atoms with Crippen LogP contribution in [0.25, 0.3) is 0 Å². The number of alkyl halides is 3. The lowest BCUT2D eigenvalue weighted by molar-refractivity contribution is -0.137. The Kier molecular flexibility index (Phi) is 10.7. The van der Waals surface area contributed by atoms with Crippen molar-refractivity contribution in [3.05, 3.63) is 27.7 Å². The SMILES string of the molecule is CC(O)C[C@H](Cc1cc(Br)c(N)c(C(F)(F)F)c1)C(=O)CC1CCC(CC2CCCN(C)CC2)CC1. The van der Waals surface area contributed by atoms with Gasteiger partial charge in [-0.05, 0) is 130 Å². The second-order valence-corrected chi connectivity index (χ2v) is 12.3. The normalized spacial score (nSPS) is 25.8. The molecule has 1 saturated carbocycles. The minimum absolute atomic E-state index is 0.0488. The Labute approximate surface area is 222 Å². The number of halogens is 4. The molecule has 0 bridgehead atoms. The highest BCUT2D eigenvalue weighted by Gasteiger charge is 2.35. The highest BCUT2D eigenvalue weighted by atomic mass is 79.9. The Balaban J connectivity index is 1.57. The molecule has 1 aliphatic heterocycles. The number of nitrogens with zero attached hydrogens (tertiary/aromatic N) is 1. The minimum Gasteiger partial charge on any atom is -0.397 e. The maximum atomic E-state index is 13.4.